The molecule has 0 aromatic carbocycles. The minimum atomic E-state index is -0.865. The number of rotatable bonds is 27. The Morgan fingerprint density at radius 2 is 1.10 bits per heavy atom. The molecule has 2 unspecified atom stereocenters. The second-order valence-corrected chi connectivity index (χ2v) is 10.5. The zero-order valence-corrected chi connectivity index (χ0v) is 25.4. The van der Waals surface area contributed by atoms with Crippen molar-refractivity contribution in [3.63, 3.8) is 0 Å². The van der Waals surface area contributed by atoms with Gasteiger partial charge in [-0.2, -0.15) is 0 Å². The van der Waals surface area contributed by atoms with Crippen molar-refractivity contribution in [3.05, 3.63) is 60.8 Å². The van der Waals surface area contributed by atoms with Gasteiger partial charge >= 0.3 is 0 Å². The molecular formula is C35H61NO3. The Morgan fingerprint density at radius 1 is 0.615 bits per heavy atom. The fourth-order valence-corrected chi connectivity index (χ4v) is 4.18. The first-order valence-electron chi connectivity index (χ1n) is 16.0. The number of carbonyl (C=O) groups excluding carboxylic acids is 1. The van der Waals surface area contributed by atoms with Crippen LogP contribution in [-0.4, -0.2) is 34.9 Å². The minimum Gasteiger partial charge on any atom is -0.394 e. The van der Waals surface area contributed by atoms with Crippen LogP contribution in [0.2, 0.25) is 0 Å². The monoisotopic (exact) mass is 543 g/mol. The van der Waals surface area contributed by atoms with Gasteiger partial charge in [0.05, 0.1) is 18.8 Å². The number of unbranched alkanes of at least 4 members (excludes halogenated alkanes) is 12. The van der Waals surface area contributed by atoms with Crippen LogP contribution >= 0.6 is 0 Å². The van der Waals surface area contributed by atoms with Gasteiger partial charge < -0.3 is 15.5 Å². The molecule has 0 aromatic rings. The predicted octanol–water partition coefficient (Wildman–Crippen LogP) is 9.06. The van der Waals surface area contributed by atoms with Crippen LogP contribution in [0.15, 0.2) is 60.8 Å². The molecule has 0 aliphatic rings. The number of aliphatic hydroxyl groups excluding tert-OH is 2. The van der Waals surface area contributed by atoms with Gasteiger partial charge in [0.15, 0.2) is 0 Å². The third kappa shape index (κ3) is 27.4. The summed E-state index contributed by atoms with van der Waals surface area (Å²) in [4.78, 5) is 12.2. The molecule has 2 atom stereocenters. The van der Waals surface area contributed by atoms with Crippen molar-refractivity contribution in [2.24, 2.45) is 0 Å². The van der Waals surface area contributed by atoms with Crippen molar-refractivity contribution in [1.82, 2.24) is 5.32 Å². The normalized spacial score (nSPS) is 14.1. The van der Waals surface area contributed by atoms with Crippen LogP contribution in [0.3, 0.4) is 0 Å². The highest BCUT2D eigenvalue weighted by molar-refractivity contribution is 5.76. The lowest BCUT2D eigenvalue weighted by molar-refractivity contribution is -0.123. The number of aliphatic hydroxyl groups is 2. The molecule has 224 valence electrons. The lowest BCUT2D eigenvalue weighted by atomic mass is 10.1. The van der Waals surface area contributed by atoms with Gasteiger partial charge in [-0.25, -0.2) is 0 Å². The lowest BCUT2D eigenvalue weighted by Crippen LogP contribution is -2.45. The van der Waals surface area contributed by atoms with Gasteiger partial charge in [0, 0.05) is 6.42 Å². The maximum Gasteiger partial charge on any atom is 0.220 e. The summed E-state index contributed by atoms with van der Waals surface area (Å²) in [7, 11) is 0. The van der Waals surface area contributed by atoms with Crippen LogP contribution in [0.1, 0.15) is 136 Å². The van der Waals surface area contributed by atoms with Gasteiger partial charge in [-0.1, -0.05) is 126 Å². The molecule has 0 rings (SSSR count). The highest BCUT2D eigenvalue weighted by Crippen LogP contribution is 2.10. The fraction of sp³-hybridized carbons (Fsp3) is 0.686. The fourth-order valence-electron chi connectivity index (χ4n) is 4.18. The first-order valence-corrected chi connectivity index (χ1v) is 16.0. The van der Waals surface area contributed by atoms with Crippen molar-refractivity contribution >= 4 is 5.91 Å². The molecule has 0 aromatic heterocycles. The SMILES string of the molecule is CCCC/C=C/CC/C=C/C(O)C(CO)NC(=O)CCCCCCCC/C=C\C/C=C\C/C=C\CCCCC. The van der Waals surface area contributed by atoms with E-state index in [2.05, 4.69) is 67.8 Å². The summed E-state index contributed by atoms with van der Waals surface area (Å²) in [6.07, 6.45) is 41.6. The summed E-state index contributed by atoms with van der Waals surface area (Å²) >= 11 is 0. The number of allylic oxidation sites excluding steroid dienone is 9. The smallest absolute Gasteiger partial charge is 0.220 e. The van der Waals surface area contributed by atoms with Gasteiger partial charge in [0.2, 0.25) is 5.91 Å². The molecule has 39 heavy (non-hydrogen) atoms. The molecule has 0 aliphatic heterocycles. The van der Waals surface area contributed by atoms with Gasteiger partial charge in [-0.3, -0.25) is 4.79 Å². The standard InChI is InChI=1S/C35H61NO3/c1-3-5-7-9-11-13-14-15-16-17-18-19-20-21-22-23-25-27-29-31-35(39)36-33(32-37)34(38)30-28-26-24-12-10-8-6-4-2/h10-13,15-16,18-19,28,30,33-34,37-38H,3-9,14,17,20-27,29,31-32H2,1-2H3,(H,36,39)/b12-10+,13-11-,16-15-,19-18-,30-28+. The van der Waals surface area contributed by atoms with E-state index in [4.69, 9.17) is 0 Å². The van der Waals surface area contributed by atoms with E-state index < -0.39 is 12.1 Å². The van der Waals surface area contributed by atoms with Crippen LogP contribution in [0.5, 0.6) is 0 Å². The van der Waals surface area contributed by atoms with Crippen LogP contribution in [-0.2, 0) is 4.79 Å². The molecule has 0 saturated heterocycles. The molecule has 0 heterocycles. The van der Waals surface area contributed by atoms with Crippen molar-refractivity contribution in [1.29, 1.82) is 0 Å². The van der Waals surface area contributed by atoms with E-state index in [1.807, 2.05) is 6.08 Å². The predicted molar refractivity (Wildman–Crippen MR) is 170 cm³/mol. The second kappa shape index (κ2) is 30.6. The van der Waals surface area contributed by atoms with E-state index in [1.54, 1.807) is 6.08 Å². The average molecular weight is 544 g/mol. The zero-order chi connectivity index (χ0) is 28.7. The number of hydrogen-bond acceptors (Lipinski definition) is 3. The third-order valence-electron chi connectivity index (χ3n) is 6.72. The third-order valence-corrected chi connectivity index (χ3v) is 6.72. The van der Waals surface area contributed by atoms with Crippen LogP contribution in [0.4, 0.5) is 0 Å². The van der Waals surface area contributed by atoms with E-state index in [9.17, 15) is 15.0 Å². The van der Waals surface area contributed by atoms with Crippen molar-refractivity contribution in [2.45, 2.75) is 148 Å². The Morgan fingerprint density at radius 3 is 1.74 bits per heavy atom. The van der Waals surface area contributed by atoms with Crippen LogP contribution in [0.25, 0.3) is 0 Å². The molecule has 1 amide bonds. The van der Waals surface area contributed by atoms with Gasteiger partial charge in [0.1, 0.15) is 0 Å². The highest BCUT2D eigenvalue weighted by Gasteiger charge is 2.17. The molecule has 0 spiro atoms. The number of nitrogens with one attached hydrogen (secondary N) is 1. The largest absolute Gasteiger partial charge is 0.394 e. The number of carbonyl (C=O) groups is 1. The van der Waals surface area contributed by atoms with Gasteiger partial charge in [-0.05, 0) is 64.2 Å². The van der Waals surface area contributed by atoms with E-state index in [0.717, 1.165) is 57.8 Å². The Hall–Kier alpha value is -1.91. The molecular weight excluding hydrogens is 482 g/mol. The molecule has 4 nitrogen and oxygen atoms in total. The van der Waals surface area contributed by atoms with Crippen LogP contribution < -0.4 is 5.32 Å². The second-order valence-electron chi connectivity index (χ2n) is 10.5. The maximum absolute atomic E-state index is 12.2. The molecule has 3 N–H and O–H groups in total. The van der Waals surface area contributed by atoms with E-state index in [-0.39, 0.29) is 12.5 Å². The van der Waals surface area contributed by atoms with Gasteiger partial charge in [0.25, 0.3) is 0 Å². The van der Waals surface area contributed by atoms with Crippen molar-refractivity contribution in [2.75, 3.05) is 6.61 Å². The van der Waals surface area contributed by atoms with E-state index >= 15 is 0 Å². The lowest BCUT2D eigenvalue weighted by Gasteiger charge is -2.19. The first kappa shape index (κ1) is 37.1. The topological polar surface area (TPSA) is 69.6 Å². The number of hydrogen-bond donors (Lipinski definition) is 3. The van der Waals surface area contributed by atoms with E-state index in [1.165, 1.54) is 57.8 Å². The Bertz CT molecular complexity index is 677. The van der Waals surface area contributed by atoms with Gasteiger partial charge in [-0.15, -0.1) is 0 Å². The van der Waals surface area contributed by atoms with Crippen molar-refractivity contribution in [3.8, 4) is 0 Å². The Balaban J connectivity index is 3.71. The molecule has 4 heteroatoms. The molecule has 0 saturated carbocycles. The minimum absolute atomic E-state index is 0.0949. The van der Waals surface area contributed by atoms with Crippen molar-refractivity contribution < 1.29 is 15.0 Å². The molecule has 0 bridgehead atoms. The first-order chi connectivity index (χ1) is 19.2. The highest BCUT2D eigenvalue weighted by atomic mass is 16.3. The van der Waals surface area contributed by atoms with Crippen LogP contribution in [0, 0.1) is 0 Å². The zero-order valence-electron chi connectivity index (χ0n) is 25.4. The summed E-state index contributed by atoms with van der Waals surface area (Å²) in [6, 6.07) is -0.644. The molecule has 0 aliphatic carbocycles. The summed E-state index contributed by atoms with van der Waals surface area (Å²) in [5.74, 6) is -0.0949. The quantitative estimate of drug-likeness (QED) is 0.0715. The molecule has 0 fully saturated rings. The molecule has 0 radical (unpaired) electrons. The Labute approximate surface area is 241 Å². The summed E-state index contributed by atoms with van der Waals surface area (Å²) in [5, 5.41) is 22.6. The Kier molecular flexibility index (Phi) is 29.1. The van der Waals surface area contributed by atoms with E-state index in [0.29, 0.717) is 6.42 Å². The average Bonchev–Trinajstić information content (AvgIpc) is 2.94. The summed E-state index contributed by atoms with van der Waals surface area (Å²) in [6.45, 7) is 4.16. The number of amides is 1. The summed E-state index contributed by atoms with van der Waals surface area (Å²) in [5.41, 5.74) is 0. The maximum atomic E-state index is 12.2. The summed E-state index contributed by atoms with van der Waals surface area (Å²) < 4.78 is 0.